The van der Waals surface area contributed by atoms with E-state index in [9.17, 15) is 0 Å². The third-order valence-corrected chi connectivity index (χ3v) is 0.876. The summed E-state index contributed by atoms with van der Waals surface area (Å²) in [5.41, 5.74) is 0. The Morgan fingerprint density at radius 3 is 1.58 bits per heavy atom. The van der Waals surface area contributed by atoms with Crippen LogP contribution >= 0.6 is 0 Å². The van der Waals surface area contributed by atoms with E-state index in [2.05, 4.69) is 37.5 Å². The molecule has 0 atom stereocenters. The predicted molar refractivity (Wildman–Crippen MR) is 47.9 cm³/mol. The molecule has 0 bridgehead atoms. The number of rotatable bonds is 4. The van der Waals surface area contributed by atoms with Gasteiger partial charge in [-0.2, -0.15) is 0 Å². The third-order valence-electron chi connectivity index (χ3n) is 0.876. The lowest BCUT2D eigenvalue weighted by molar-refractivity contribution is 0.197. The maximum Gasteiger partial charge on any atom is 0.108 e. The molecule has 0 saturated carbocycles. The van der Waals surface area contributed by atoms with Crippen LogP contribution in [0.15, 0.2) is 0 Å². The van der Waals surface area contributed by atoms with Gasteiger partial charge in [0, 0.05) is 13.2 Å². The molecule has 0 spiro atoms. The Labute approximate surface area is 74.2 Å². The normalized spacial score (nSPS) is 7.83. The highest BCUT2D eigenvalue weighted by Crippen LogP contribution is 1.69. The largest absolute Gasteiger partial charge is 0.369 e. The lowest BCUT2D eigenvalue weighted by Gasteiger charge is -1.87. The minimum absolute atomic E-state index is 0.383. The van der Waals surface area contributed by atoms with E-state index in [0.717, 1.165) is 0 Å². The second-order valence-electron chi connectivity index (χ2n) is 1.71. The molecule has 0 fully saturated rings. The van der Waals surface area contributed by atoms with Crippen molar-refractivity contribution in [2.24, 2.45) is 0 Å². The molecule has 0 aromatic rings. The summed E-state index contributed by atoms with van der Waals surface area (Å²) in [5, 5.41) is 0. The summed E-state index contributed by atoms with van der Waals surface area (Å²) in [6.07, 6.45) is 0. The van der Waals surface area contributed by atoms with E-state index in [1.807, 2.05) is 0 Å². The fraction of sp³-hybridized carbons (Fsp3) is 0.400. The second kappa shape index (κ2) is 10.0. The summed E-state index contributed by atoms with van der Waals surface area (Å²) < 4.78 is 9.73. The monoisotopic (exact) mass is 164 g/mol. The Hall–Kier alpha value is -0.960. The molecule has 0 unspecified atom stereocenters. The molecule has 2 radical (unpaired) electrons. The number of ether oxygens (including phenoxy) is 2. The van der Waals surface area contributed by atoms with Gasteiger partial charge in [0.1, 0.15) is 13.2 Å². The van der Waals surface area contributed by atoms with Crippen LogP contribution in [0, 0.1) is 37.5 Å². The van der Waals surface area contributed by atoms with Gasteiger partial charge in [0.05, 0.1) is 0 Å². The van der Waals surface area contributed by atoms with Gasteiger partial charge in [-0.25, -0.2) is 0 Å². The molecular formula is C10H12O2. The molecule has 0 N–H and O–H groups in total. The summed E-state index contributed by atoms with van der Waals surface area (Å²) >= 11 is 0. The van der Waals surface area contributed by atoms with Crippen molar-refractivity contribution in [2.75, 3.05) is 26.4 Å². The van der Waals surface area contributed by atoms with E-state index < -0.39 is 0 Å². The fourth-order valence-corrected chi connectivity index (χ4v) is 0.407. The minimum atomic E-state index is 0.383. The molecule has 0 aliphatic heterocycles. The lowest BCUT2D eigenvalue weighted by atomic mass is 10.5. The van der Waals surface area contributed by atoms with Crippen molar-refractivity contribution in [1.29, 1.82) is 0 Å². The molecule has 0 rings (SSSR count). The predicted octanol–water partition coefficient (Wildman–Crippen LogP) is 0.695. The number of hydrogen-bond donors (Lipinski definition) is 0. The van der Waals surface area contributed by atoms with Crippen molar-refractivity contribution in [1.82, 2.24) is 0 Å². The van der Waals surface area contributed by atoms with Crippen molar-refractivity contribution >= 4 is 0 Å². The topological polar surface area (TPSA) is 18.5 Å². The Kier molecular flexibility index (Phi) is 9.24. The summed E-state index contributed by atoms with van der Waals surface area (Å²) in [6, 6.07) is 0. The first-order chi connectivity index (χ1) is 5.91. The van der Waals surface area contributed by atoms with E-state index in [-0.39, 0.29) is 0 Å². The molecule has 0 aliphatic carbocycles. The molecule has 0 aromatic heterocycles. The van der Waals surface area contributed by atoms with E-state index >= 15 is 0 Å². The van der Waals surface area contributed by atoms with Crippen LogP contribution in [-0.4, -0.2) is 26.4 Å². The first-order valence-corrected chi connectivity index (χ1v) is 3.61. The van der Waals surface area contributed by atoms with E-state index in [4.69, 9.17) is 9.47 Å². The first-order valence-electron chi connectivity index (χ1n) is 3.61. The summed E-state index contributed by atoms with van der Waals surface area (Å²) in [6.45, 7) is 8.62. The van der Waals surface area contributed by atoms with Gasteiger partial charge in [0.2, 0.25) is 0 Å². The molecular weight excluding hydrogens is 152 g/mol. The highest BCUT2D eigenvalue weighted by Gasteiger charge is 1.73. The molecule has 64 valence electrons. The quantitative estimate of drug-likeness (QED) is 0.449. The Morgan fingerprint density at radius 2 is 1.25 bits per heavy atom. The average Bonchev–Trinajstić information content (AvgIpc) is 2.10. The van der Waals surface area contributed by atoms with E-state index in [1.165, 1.54) is 0 Å². The van der Waals surface area contributed by atoms with Crippen LogP contribution in [0.5, 0.6) is 0 Å². The van der Waals surface area contributed by atoms with Gasteiger partial charge >= 0.3 is 0 Å². The summed E-state index contributed by atoms with van der Waals surface area (Å²) in [4.78, 5) is 0. The van der Waals surface area contributed by atoms with E-state index in [0.29, 0.717) is 26.4 Å². The molecule has 2 heteroatoms. The zero-order valence-electron chi connectivity index (χ0n) is 7.06. The van der Waals surface area contributed by atoms with Crippen LogP contribution in [0.1, 0.15) is 0 Å². The maximum atomic E-state index is 4.87. The molecule has 0 aliphatic rings. The third kappa shape index (κ3) is 9.04. The second-order valence-corrected chi connectivity index (χ2v) is 1.71. The van der Waals surface area contributed by atoms with Crippen LogP contribution < -0.4 is 0 Å². The van der Waals surface area contributed by atoms with Gasteiger partial charge in [-0.3, -0.25) is 0 Å². The van der Waals surface area contributed by atoms with Crippen molar-refractivity contribution in [3.8, 4) is 23.7 Å². The summed E-state index contributed by atoms with van der Waals surface area (Å²) in [7, 11) is 0. The van der Waals surface area contributed by atoms with Crippen LogP contribution in [0.3, 0.4) is 0 Å². The minimum Gasteiger partial charge on any atom is -0.369 e. The zero-order chi connectivity index (χ0) is 9.07. The first kappa shape index (κ1) is 11.0. The van der Waals surface area contributed by atoms with Gasteiger partial charge in [0.15, 0.2) is 0 Å². The molecule has 0 saturated heterocycles. The smallest absolute Gasteiger partial charge is 0.108 e. The van der Waals surface area contributed by atoms with Crippen molar-refractivity contribution < 1.29 is 9.47 Å². The SMILES string of the molecule is [CH2]COCC#CC#CCOC[CH2]. The van der Waals surface area contributed by atoms with Crippen molar-refractivity contribution in [2.45, 2.75) is 0 Å². The van der Waals surface area contributed by atoms with Crippen molar-refractivity contribution in [3.63, 3.8) is 0 Å². The van der Waals surface area contributed by atoms with E-state index in [1.54, 1.807) is 0 Å². The van der Waals surface area contributed by atoms with Gasteiger partial charge in [-0.15, -0.1) is 0 Å². The Morgan fingerprint density at radius 1 is 0.833 bits per heavy atom. The maximum absolute atomic E-state index is 4.87. The van der Waals surface area contributed by atoms with Gasteiger partial charge in [-0.05, 0) is 25.7 Å². The highest BCUT2D eigenvalue weighted by atomic mass is 16.5. The fourth-order valence-electron chi connectivity index (χ4n) is 0.407. The van der Waals surface area contributed by atoms with Crippen molar-refractivity contribution in [3.05, 3.63) is 13.8 Å². The standard InChI is InChI=1S/C10H12O2/c1-3-11-9-7-5-6-8-10-12-4-2/h1-4,9-10H2. The lowest BCUT2D eigenvalue weighted by Crippen LogP contribution is -1.89. The van der Waals surface area contributed by atoms with Crippen LogP contribution in [0.2, 0.25) is 0 Å². The van der Waals surface area contributed by atoms with Crippen LogP contribution in [-0.2, 0) is 9.47 Å². The zero-order valence-corrected chi connectivity index (χ0v) is 7.06. The molecule has 0 amide bonds. The number of hydrogen-bond acceptors (Lipinski definition) is 2. The summed E-state index contributed by atoms with van der Waals surface area (Å²) in [5.74, 6) is 10.6. The van der Waals surface area contributed by atoms with Gasteiger partial charge < -0.3 is 9.47 Å². The molecule has 0 heterocycles. The van der Waals surface area contributed by atoms with Crippen LogP contribution in [0.4, 0.5) is 0 Å². The molecule has 0 aromatic carbocycles. The van der Waals surface area contributed by atoms with Gasteiger partial charge in [0.25, 0.3) is 0 Å². The van der Waals surface area contributed by atoms with Crippen LogP contribution in [0.25, 0.3) is 0 Å². The highest BCUT2D eigenvalue weighted by molar-refractivity contribution is 5.26. The molecule has 12 heavy (non-hydrogen) atoms. The molecule has 2 nitrogen and oxygen atoms in total. The van der Waals surface area contributed by atoms with Gasteiger partial charge in [-0.1, -0.05) is 11.8 Å². The average molecular weight is 164 g/mol. The Bertz CT molecular complexity index is 175. The Balaban J connectivity index is 3.32.